The van der Waals surface area contributed by atoms with Crippen LogP contribution in [0.5, 0.6) is 5.75 Å². The van der Waals surface area contributed by atoms with Crippen molar-refractivity contribution in [1.29, 1.82) is 0 Å². The lowest BCUT2D eigenvalue weighted by molar-refractivity contribution is 0.0783. The minimum absolute atomic E-state index is 0.0171. The summed E-state index contributed by atoms with van der Waals surface area (Å²) >= 11 is 0. The van der Waals surface area contributed by atoms with E-state index in [2.05, 4.69) is 4.98 Å². The largest absolute Gasteiger partial charge is 0.494 e. The van der Waals surface area contributed by atoms with E-state index in [-0.39, 0.29) is 5.91 Å². The molecule has 2 heterocycles. The lowest BCUT2D eigenvalue weighted by atomic mass is 10.1. The second-order valence-electron chi connectivity index (χ2n) is 6.51. The van der Waals surface area contributed by atoms with Crippen LogP contribution in [0.25, 0.3) is 5.82 Å². The molecule has 0 N–H and O–H groups in total. The number of amides is 1. The van der Waals surface area contributed by atoms with Crippen molar-refractivity contribution in [3.63, 3.8) is 0 Å². The van der Waals surface area contributed by atoms with Crippen LogP contribution in [-0.2, 0) is 6.54 Å². The summed E-state index contributed by atoms with van der Waals surface area (Å²) in [6.07, 6.45) is 1.76. The fourth-order valence-electron chi connectivity index (χ4n) is 3.28. The Morgan fingerprint density at radius 1 is 1.15 bits per heavy atom. The number of aromatic nitrogens is 2. The smallest absolute Gasteiger partial charge is 0.255 e. The molecule has 3 aromatic rings. The van der Waals surface area contributed by atoms with Gasteiger partial charge in [0.25, 0.3) is 5.91 Å². The fourth-order valence-corrected chi connectivity index (χ4v) is 3.28. The molecule has 0 bridgehead atoms. The maximum Gasteiger partial charge on any atom is 0.255 e. The Bertz CT molecular complexity index is 932. The number of para-hydroxylation sites is 1. The average molecular weight is 363 g/mol. The van der Waals surface area contributed by atoms with Crippen molar-refractivity contribution in [3.8, 4) is 11.6 Å². The van der Waals surface area contributed by atoms with Crippen molar-refractivity contribution in [2.75, 3.05) is 13.7 Å². The van der Waals surface area contributed by atoms with Gasteiger partial charge in [-0.1, -0.05) is 24.3 Å². The van der Waals surface area contributed by atoms with Crippen LogP contribution in [0.1, 0.15) is 34.2 Å². The predicted molar refractivity (Wildman–Crippen MR) is 106 cm³/mol. The first-order valence-corrected chi connectivity index (χ1v) is 9.09. The molecule has 0 unspecified atom stereocenters. The Morgan fingerprint density at radius 3 is 2.59 bits per heavy atom. The molecule has 0 spiro atoms. The second-order valence-corrected chi connectivity index (χ2v) is 6.51. The zero-order valence-corrected chi connectivity index (χ0v) is 16.3. The summed E-state index contributed by atoms with van der Waals surface area (Å²) in [5, 5.41) is 0. The third-order valence-corrected chi connectivity index (χ3v) is 4.57. The molecule has 0 radical (unpaired) electrons. The van der Waals surface area contributed by atoms with E-state index in [1.807, 2.05) is 80.9 Å². The number of hydrogen-bond acceptors (Lipinski definition) is 3. The van der Waals surface area contributed by atoms with Crippen molar-refractivity contribution in [2.45, 2.75) is 27.3 Å². The van der Waals surface area contributed by atoms with Gasteiger partial charge in [-0.3, -0.25) is 4.79 Å². The normalized spacial score (nSPS) is 10.7. The molecule has 140 valence electrons. The standard InChI is InChI=1S/C22H25N3O2/c1-5-27-20-11-7-6-10-18(20)15-24(4)22(26)19-14-16(2)25(17(19)3)21-12-8-9-13-23-21/h6-14H,5,15H2,1-4H3. The van der Waals surface area contributed by atoms with E-state index >= 15 is 0 Å². The SMILES string of the molecule is CCOc1ccccc1CN(C)C(=O)c1cc(C)n(-c2ccccn2)c1C. The molecule has 0 aliphatic heterocycles. The maximum absolute atomic E-state index is 13.1. The Hall–Kier alpha value is -3.08. The third kappa shape index (κ3) is 3.87. The minimum Gasteiger partial charge on any atom is -0.494 e. The molecule has 0 saturated heterocycles. The van der Waals surface area contributed by atoms with Crippen LogP contribution >= 0.6 is 0 Å². The Morgan fingerprint density at radius 2 is 1.89 bits per heavy atom. The maximum atomic E-state index is 13.1. The van der Waals surface area contributed by atoms with Gasteiger partial charge in [0, 0.05) is 36.7 Å². The molecular weight excluding hydrogens is 338 g/mol. The van der Waals surface area contributed by atoms with Crippen molar-refractivity contribution < 1.29 is 9.53 Å². The molecule has 27 heavy (non-hydrogen) atoms. The molecule has 1 amide bonds. The first-order chi connectivity index (χ1) is 13.0. The van der Waals surface area contributed by atoms with Crippen molar-refractivity contribution in [2.24, 2.45) is 0 Å². The van der Waals surface area contributed by atoms with Gasteiger partial charge in [-0.25, -0.2) is 4.98 Å². The molecule has 5 nitrogen and oxygen atoms in total. The topological polar surface area (TPSA) is 47.4 Å². The highest BCUT2D eigenvalue weighted by molar-refractivity contribution is 5.95. The number of rotatable bonds is 6. The van der Waals surface area contributed by atoms with Gasteiger partial charge >= 0.3 is 0 Å². The molecule has 2 aromatic heterocycles. The summed E-state index contributed by atoms with van der Waals surface area (Å²) in [5.41, 5.74) is 3.56. The Balaban J connectivity index is 1.86. The monoisotopic (exact) mass is 363 g/mol. The summed E-state index contributed by atoms with van der Waals surface area (Å²) < 4.78 is 7.69. The lowest BCUT2D eigenvalue weighted by Gasteiger charge is -2.19. The van der Waals surface area contributed by atoms with Crippen LogP contribution < -0.4 is 4.74 Å². The van der Waals surface area contributed by atoms with Crippen LogP contribution in [0.15, 0.2) is 54.7 Å². The summed E-state index contributed by atoms with van der Waals surface area (Å²) in [4.78, 5) is 19.2. The highest BCUT2D eigenvalue weighted by Gasteiger charge is 2.21. The third-order valence-electron chi connectivity index (χ3n) is 4.57. The van der Waals surface area contributed by atoms with E-state index in [4.69, 9.17) is 4.74 Å². The van der Waals surface area contributed by atoms with Gasteiger partial charge in [0.2, 0.25) is 0 Å². The number of ether oxygens (including phenoxy) is 1. The molecule has 0 aliphatic rings. The zero-order chi connectivity index (χ0) is 19.4. The van der Waals surface area contributed by atoms with Gasteiger partial charge in [-0.2, -0.15) is 0 Å². The van der Waals surface area contributed by atoms with Gasteiger partial charge in [0.1, 0.15) is 11.6 Å². The number of nitrogens with zero attached hydrogens (tertiary/aromatic N) is 3. The van der Waals surface area contributed by atoms with E-state index in [0.717, 1.165) is 28.5 Å². The Labute approximate surface area is 160 Å². The molecular formula is C22H25N3O2. The van der Waals surface area contributed by atoms with Crippen LogP contribution in [-0.4, -0.2) is 34.0 Å². The highest BCUT2D eigenvalue weighted by Crippen LogP contribution is 2.23. The van der Waals surface area contributed by atoms with Crippen LogP contribution in [0.3, 0.4) is 0 Å². The van der Waals surface area contributed by atoms with Gasteiger partial charge < -0.3 is 14.2 Å². The molecule has 3 rings (SSSR count). The fraction of sp³-hybridized carbons (Fsp3) is 0.273. The lowest BCUT2D eigenvalue weighted by Crippen LogP contribution is -2.27. The molecule has 0 atom stereocenters. The summed E-state index contributed by atoms with van der Waals surface area (Å²) in [7, 11) is 1.82. The minimum atomic E-state index is -0.0171. The molecule has 0 aliphatic carbocycles. The summed E-state index contributed by atoms with van der Waals surface area (Å²) in [6.45, 7) is 6.99. The van der Waals surface area contributed by atoms with Gasteiger partial charge in [-0.15, -0.1) is 0 Å². The van der Waals surface area contributed by atoms with E-state index in [0.29, 0.717) is 18.7 Å². The number of aryl methyl sites for hydroxylation is 1. The predicted octanol–water partition coefficient (Wildman–Crippen LogP) is 4.16. The van der Waals surface area contributed by atoms with Crippen LogP contribution in [0.2, 0.25) is 0 Å². The first-order valence-electron chi connectivity index (χ1n) is 9.09. The second kappa shape index (κ2) is 8.08. The quantitative estimate of drug-likeness (QED) is 0.661. The highest BCUT2D eigenvalue weighted by atomic mass is 16.5. The summed E-state index contributed by atoms with van der Waals surface area (Å²) in [5.74, 6) is 1.62. The number of carbonyl (C=O) groups is 1. The van der Waals surface area contributed by atoms with Crippen molar-refractivity contribution in [1.82, 2.24) is 14.5 Å². The van der Waals surface area contributed by atoms with E-state index in [9.17, 15) is 4.79 Å². The molecule has 0 fully saturated rings. The Kier molecular flexibility index (Phi) is 5.60. The average Bonchev–Trinajstić information content (AvgIpc) is 2.97. The molecule has 1 aromatic carbocycles. The van der Waals surface area contributed by atoms with Crippen molar-refractivity contribution in [3.05, 3.63) is 77.2 Å². The number of pyridine rings is 1. The number of benzene rings is 1. The van der Waals surface area contributed by atoms with Crippen LogP contribution in [0.4, 0.5) is 0 Å². The van der Waals surface area contributed by atoms with Gasteiger partial charge in [-0.05, 0) is 45.0 Å². The van der Waals surface area contributed by atoms with Crippen LogP contribution in [0, 0.1) is 13.8 Å². The molecule has 5 heteroatoms. The van der Waals surface area contributed by atoms with E-state index in [1.54, 1.807) is 11.1 Å². The van der Waals surface area contributed by atoms with E-state index < -0.39 is 0 Å². The number of hydrogen-bond donors (Lipinski definition) is 0. The van der Waals surface area contributed by atoms with E-state index in [1.165, 1.54) is 0 Å². The van der Waals surface area contributed by atoms with Gasteiger partial charge in [0.15, 0.2) is 0 Å². The summed E-state index contributed by atoms with van der Waals surface area (Å²) in [6, 6.07) is 15.5. The molecule has 0 saturated carbocycles. The zero-order valence-electron chi connectivity index (χ0n) is 16.3. The number of carbonyl (C=O) groups excluding carboxylic acids is 1. The first kappa shape index (κ1) is 18.7. The van der Waals surface area contributed by atoms with Gasteiger partial charge in [0.05, 0.1) is 12.2 Å². The van der Waals surface area contributed by atoms with Crippen molar-refractivity contribution >= 4 is 5.91 Å².